The van der Waals surface area contributed by atoms with Gasteiger partial charge in [-0.3, -0.25) is 14.2 Å². The van der Waals surface area contributed by atoms with E-state index < -0.39 is 0 Å². The van der Waals surface area contributed by atoms with Crippen LogP contribution in [0.2, 0.25) is 0 Å². The fraction of sp³-hybridized carbons (Fsp3) is 0.409. The molecule has 1 saturated heterocycles. The number of thiophene rings is 1. The van der Waals surface area contributed by atoms with Crippen LogP contribution in [-0.2, 0) is 11.3 Å². The second kappa shape index (κ2) is 8.47. The molecule has 0 spiro atoms. The Balaban J connectivity index is 1.56. The minimum Gasteiger partial charge on any atom is -0.352 e. The summed E-state index contributed by atoms with van der Waals surface area (Å²) in [5.41, 5.74) is 1.76. The van der Waals surface area contributed by atoms with Gasteiger partial charge in [-0.25, -0.2) is 4.98 Å². The van der Waals surface area contributed by atoms with Gasteiger partial charge in [0.25, 0.3) is 5.56 Å². The number of amides is 1. The van der Waals surface area contributed by atoms with Crippen LogP contribution in [0.3, 0.4) is 0 Å². The molecule has 0 saturated carbocycles. The number of aromatic nitrogens is 2. The Morgan fingerprint density at radius 3 is 2.66 bits per heavy atom. The van der Waals surface area contributed by atoms with E-state index in [1.165, 1.54) is 22.2 Å². The lowest BCUT2D eigenvalue weighted by molar-refractivity contribution is -0.122. The largest absolute Gasteiger partial charge is 0.352 e. The summed E-state index contributed by atoms with van der Waals surface area (Å²) < 4.78 is 1.43. The molecule has 1 N–H and O–H groups in total. The molecule has 1 aromatic carbocycles. The molecule has 0 atom stereocenters. The van der Waals surface area contributed by atoms with E-state index in [9.17, 15) is 9.59 Å². The Morgan fingerprint density at radius 2 is 1.97 bits per heavy atom. The summed E-state index contributed by atoms with van der Waals surface area (Å²) in [6.45, 7) is 7.22. The zero-order valence-corrected chi connectivity index (χ0v) is 17.7. The molecule has 0 unspecified atom stereocenters. The summed E-state index contributed by atoms with van der Waals surface area (Å²) in [4.78, 5) is 34.4. The highest BCUT2D eigenvalue weighted by Gasteiger charge is 2.21. The first-order chi connectivity index (χ1) is 14.1. The molecule has 1 fully saturated rings. The van der Waals surface area contributed by atoms with Crippen LogP contribution >= 0.6 is 11.3 Å². The molecular weight excluding hydrogens is 384 g/mol. The molecule has 29 heavy (non-hydrogen) atoms. The Morgan fingerprint density at radius 1 is 1.24 bits per heavy atom. The second-order valence-corrected chi connectivity index (χ2v) is 8.74. The van der Waals surface area contributed by atoms with Gasteiger partial charge in [-0.1, -0.05) is 37.3 Å². The highest BCUT2D eigenvalue weighted by molar-refractivity contribution is 7.19. The van der Waals surface area contributed by atoms with Crippen molar-refractivity contribution in [3.63, 3.8) is 0 Å². The van der Waals surface area contributed by atoms with Crippen molar-refractivity contribution in [2.75, 3.05) is 19.6 Å². The number of carbonyl (C=O) groups is 1. The normalized spacial score (nSPS) is 15.7. The van der Waals surface area contributed by atoms with Gasteiger partial charge in [0.05, 0.1) is 11.7 Å². The third-order valence-corrected chi connectivity index (χ3v) is 6.64. The quantitative estimate of drug-likeness (QED) is 0.702. The first kappa shape index (κ1) is 19.8. The van der Waals surface area contributed by atoms with Gasteiger partial charge in [0.2, 0.25) is 5.91 Å². The Bertz CT molecular complexity index is 1070. The molecule has 4 rings (SSSR count). The maximum Gasteiger partial charge on any atom is 0.263 e. The smallest absolute Gasteiger partial charge is 0.263 e. The van der Waals surface area contributed by atoms with Crippen molar-refractivity contribution in [2.24, 2.45) is 0 Å². The van der Waals surface area contributed by atoms with Gasteiger partial charge in [0.15, 0.2) is 0 Å². The number of aryl methyl sites for hydroxylation is 1. The first-order valence-electron chi connectivity index (χ1n) is 10.1. The van der Waals surface area contributed by atoms with E-state index in [0.717, 1.165) is 53.3 Å². The van der Waals surface area contributed by atoms with E-state index in [1.54, 1.807) is 0 Å². The molecule has 3 heterocycles. The Labute approximate surface area is 174 Å². The Kier molecular flexibility index (Phi) is 5.78. The molecule has 2 aromatic heterocycles. The highest BCUT2D eigenvalue weighted by Crippen LogP contribution is 2.35. The maximum absolute atomic E-state index is 13.2. The predicted octanol–water partition coefficient (Wildman–Crippen LogP) is 3.03. The average molecular weight is 411 g/mol. The number of likely N-dealkylation sites (tertiary alicyclic amines) is 1. The number of fused-ring (bicyclic) bond motifs is 1. The van der Waals surface area contributed by atoms with Gasteiger partial charge < -0.3 is 10.2 Å². The highest BCUT2D eigenvalue weighted by atomic mass is 32.1. The zero-order valence-electron chi connectivity index (χ0n) is 16.9. The zero-order chi connectivity index (χ0) is 20.4. The fourth-order valence-electron chi connectivity index (χ4n) is 4.02. The van der Waals surface area contributed by atoms with Crippen LogP contribution in [0, 0.1) is 6.92 Å². The van der Waals surface area contributed by atoms with E-state index in [-0.39, 0.29) is 24.1 Å². The molecular formula is C22H26N4O2S. The number of nitrogens with zero attached hydrogens (tertiary/aromatic N) is 3. The number of hydrogen-bond acceptors (Lipinski definition) is 5. The van der Waals surface area contributed by atoms with Crippen LogP contribution in [-0.4, -0.2) is 46.0 Å². The van der Waals surface area contributed by atoms with Crippen LogP contribution in [0.5, 0.6) is 0 Å². The Hall–Kier alpha value is -2.51. The summed E-state index contributed by atoms with van der Waals surface area (Å²) >= 11 is 1.52. The molecule has 1 aliphatic rings. The van der Waals surface area contributed by atoms with Crippen LogP contribution in [0.1, 0.15) is 24.6 Å². The molecule has 1 aliphatic heterocycles. The predicted molar refractivity (Wildman–Crippen MR) is 117 cm³/mol. The summed E-state index contributed by atoms with van der Waals surface area (Å²) in [6.07, 6.45) is 3.40. The van der Waals surface area contributed by atoms with Crippen molar-refractivity contribution in [1.29, 1.82) is 0 Å². The lowest BCUT2D eigenvalue weighted by Crippen LogP contribution is -2.45. The summed E-state index contributed by atoms with van der Waals surface area (Å²) in [5, 5.41) is 3.69. The van der Waals surface area contributed by atoms with Crippen LogP contribution in [0.25, 0.3) is 21.3 Å². The van der Waals surface area contributed by atoms with Crippen molar-refractivity contribution >= 4 is 27.5 Å². The average Bonchev–Trinajstić information content (AvgIpc) is 3.08. The molecule has 7 heteroatoms. The van der Waals surface area contributed by atoms with Gasteiger partial charge in [-0.05, 0) is 31.9 Å². The summed E-state index contributed by atoms with van der Waals surface area (Å²) in [6, 6.07) is 10.1. The molecule has 3 aromatic rings. The van der Waals surface area contributed by atoms with Crippen LogP contribution in [0.4, 0.5) is 0 Å². The number of carbonyl (C=O) groups excluding carboxylic acids is 1. The second-order valence-electron chi connectivity index (χ2n) is 7.53. The molecule has 1 amide bonds. The minimum atomic E-state index is -0.158. The molecule has 6 nitrogen and oxygen atoms in total. The number of hydrogen-bond donors (Lipinski definition) is 1. The van der Waals surface area contributed by atoms with E-state index in [4.69, 9.17) is 0 Å². The van der Waals surface area contributed by atoms with E-state index in [0.29, 0.717) is 5.39 Å². The molecule has 152 valence electrons. The van der Waals surface area contributed by atoms with E-state index in [2.05, 4.69) is 22.1 Å². The van der Waals surface area contributed by atoms with E-state index in [1.807, 2.05) is 37.3 Å². The van der Waals surface area contributed by atoms with Gasteiger partial charge in [0, 0.05) is 29.6 Å². The molecule has 0 aliphatic carbocycles. The van der Waals surface area contributed by atoms with Crippen molar-refractivity contribution in [3.05, 3.63) is 51.9 Å². The fourth-order valence-corrected chi connectivity index (χ4v) is 5.03. The van der Waals surface area contributed by atoms with Crippen LogP contribution < -0.4 is 10.9 Å². The number of nitrogens with one attached hydrogen (secondary N) is 1. The molecule has 0 radical (unpaired) electrons. The standard InChI is InChI=1S/C22H26N4O2S/c1-3-25-11-9-17(10-12-25)24-18(27)13-26-14-23-21-20(22(26)28)19(15(2)29-21)16-7-5-4-6-8-16/h4-8,14,17H,3,9-13H2,1-2H3,(H,24,27). The minimum absolute atomic E-state index is 0.00110. The van der Waals surface area contributed by atoms with Gasteiger partial charge in [0.1, 0.15) is 11.4 Å². The molecule has 0 bridgehead atoms. The van der Waals surface area contributed by atoms with Crippen molar-refractivity contribution in [3.8, 4) is 11.1 Å². The van der Waals surface area contributed by atoms with Crippen molar-refractivity contribution < 1.29 is 4.79 Å². The van der Waals surface area contributed by atoms with E-state index >= 15 is 0 Å². The van der Waals surface area contributed by atoms with Crippen molar-refractivity contribution in [1.82, 2.24) is 19.8 Å². The number of benzene rings is 1. The van der Waals surface area contributed by atoms with Crippen LogP contribution in [0.15, 0.2) is 41.5 Å². The van der Waals surface area contributed by atoms with Gasteiger partial charge in [-0.2, -0.15) is 0 Å². The summed E-state index contributed by atoms with van der Waals surface area (Å²) in [7, 11) is 0. The number of piperidine rings is 1. The van der Waals surface area contributed by atoms with Gasteiger partial charge >= 0.3 is 0 Å². The number of rotatable bonds is 5. The topological polar surface area (TPSA) is 67.2 Å². The van der Waals surface area contributed by atoms with Crippen molar-refractivity contribution in [2.45, 2.75) is 39.3 Å². The lowest BCUT2D eigenvalue weighted by Gasteiger charge is -2.31. The summed E-state index contributed by atoms with van der Waals surface area (Å²) in [5.74, 6) is -0.128. The first-order valence-corrected chi connectivity index (χ1v) is 10.9. The van der Waals surface area contributed by atoms with Gasteiger partial charge in [-0.15, -0.1) is 11.3 Å². The maximum atomic E-state index is 13.2. The monoisotopic (exact) mass is 410 g/mol. The third-order valence-electron chi connectivity index (χ3n) is 5.63. The lowest BCUT2D eigenvalue weighted by atomic mass is 10.0. The SMILES string of the molecule is CCN1CCC(NC(=O)Cn2cnc3sc(C)c(-c4ccccc4)c3c2=O)CC1. The third kappa shape index (κ3) is 4.11.